The van der Waals surface area contributed by atoms with Crippen LogP contribution in [-0.2, 0) is 4.79 Å². The van der Waals surface area contributed by atoms with E-state index in [2.05, 4.69) is 33.7 Å². The summed E-state index contributed by atoms with van der Waals surface area (Å²) >= 11 is 3.38. The molecule has 33 heavy (non-hydrogen) atoms. The first-order chi connectivity index (χ1) is 16.0. The predicted octanol–water partition coefficient (Wildman–Crippen LogP) is 5.79. The van der Waals surface area contributed by atoms with Crippen molar-refractivity contribution in [2.75, 3.05) is 6.61 Å². The Balaban J connectivity index is 1.55. The molecule has 2 N–H and O–H groups in total. The second kappa shape index (κ2) is 12.3. The fraction of sp³-hybridized carbons (Fsp3) is 0.308. The molecule has 3 aromatic rings. The van der Waals surface area contributed by atoms with Gasteiger partial charge in [-0.1, -0.05) is 72.4 Å². The lowest BCUT2D eigenvalue weighted by Crippen LogP contribution is -2.47. The Morgan fingerprint density at radius 2 is 1.73 bits per heavy atom. The molecule has 0 aliphatic carbocycles. The van der Waals surface area contributed by atoms with Crippen LogP contribution in [0, 0.1) is 0 Å². The van der Waals surface area contributed by atoms with Crippen LogP contribution in [0.2, 0.25) is 0 Å². The number of hydrogen-bond acceptors (Lipinski definition) is 4. The third-order valence-electron chi connectivity index (χ3n) is 5.14. The number of ether oxygens (including phenoxy) is 2. The van der Waals surface area contributed by atoms with Gasteiger partial charge in [-0.3, -0.25) is 20.4 Å². The third kappa shape index (κ3) is 7.22. The minimum atomic E-state index is -0.803. The Kier molecular flexibility index (Phi) is 9.13. The number of carbonyl (C=O) groups excluding carboxylic acids is 2. The van der Waals surface area contributed by atoms with E-state index in [1.165, 1.54) is 0 Å². The molecule has 0 aromatic heterocycles. The highest BCUT2D eigenvalue weighted by molar-refractivity contribution is 9.10. The number of nitrogens with one attached hydrogen (secondary N) is 2. The first-order valence-electron chi connectivity index (χ1n) is 11.2. The molecule has 0 fully saturated rings. The molecule has 1 unspecified atom stereocenters. The molecule has 6 nitrogen and oxygen atoms in total. The Hall–Kier alpha value is -3.06. The van der Waals surface area contributed by atoms with Crippen molar-refractivity contribution in [1.82, 2.24) is 10.9 Å². The fourth-order valence-corrected chi connectivity index (χ4v) is 3.66. The van der Waals surface area contributed by atoms with Gasteiger partial charge in [0.15, 0.2) is 6.10 Å². The van der Waals surface area contributed by atoms with Gasteiger partial charge in [0.1, 0.15) is 11.5 Å². The van der Waals surface area contributed by atoms with Gasteiger partial charge < -0.3 is 9.47 Å². The van der Waals surface area contributed by atoms with Crippen LogP contribution in [0.15, 0.2) is 65.1 Å². The molecule has 174 valence electrons. The van der Waals surface area contributed by atoms with Crippen LogP contribution in [0.1, 0.15) is 49.9 Å². The Bertz CT molecular complexity index is 1100. The molecular formula is C26H29BrN2O4. The van der Waals surface area contributed by atoms with Gasteiger partial charge in [0.2, 0.25) is 0 Å². The maximum absolute atomic E-state index is 12.7. The fourth-order valence-electron chi connectivity index (χ4n) is 3.30. The second-order valence-electron chi connectivity index (χ2n) is 7.76. The first-order valence-corrected chi connectivity index (χ1v) is 11.9. The lowest BCUT2D eigenvalue weighted by molar-refractivity contribution is -0.128. The SMILES string of the molecule is CCCCCCOc1ccc(Br)cc1C(=O)NNC(=O)C(C)Oc1ccc2ccccc2c1. The van der Waals surface area contributed by atoms with Gasteiger partial charge in [0.05, 0.1) is 12.2 Å². The van der Waals surface area contributed by atoms with E-state index < -0.39 is 17.9 Å². The monoisotopic (exact) mass is 512 g/mol. The van der Waals surface area contributed by atoms with E-state index in [4.69, 9.17) is 9.47 Å². The van der Waals surface area contributed by atoms with Crippen molar-refractivity contribution in [1.29, 1.82) is 0 Å². The molecular weight excluding hydrogens is 484 g/mol. The molecule has 3 rings (SSSR count). The smallest absolute Gasteiger partial charge is 0.279 e. The zero-order valence-corrected chi connectivity index (χ0v) is 20.5. The number of carbonyl (C=O) groups is 2. The number of hydrazine groups is 1. The van der Waals surface area contributed by atoms with E-state index in [1.54, 1.807) is 19.1 Å². The number of fused-ring (bicyclic) bond motifs is 1. The van der Waals surface area contributed by atoms with Crippen LogP contribution >= 0.6 is 15.9 Å². The van der Waals surface area contributed by atoms with Crippen molar-refractivity contribution < 1.29 is 19.1 Å². The average molecular weight is 513 g/mol. The largest absolute Gasteiger partial charge is 0.493 e. The van der Waals surface area contributed by atoms with Crippen molar-refractivity contribution in [3.05, 3.63) is 70.7 Å². The molecule has 0 saturated heterocycles. The van der Waals surface area contributed by atoms with Gasteiger partial charge in [0, 0.05) is 4.47 Å². The molecule has 0 aliphatic rings. The average Bonchev–Trinajstić information content (AvgIpc) is 2.82. The normalized spacial score (nSPS) is 11.6. The molecule has 0 radical (unpaired) electrons. The standard InChI is InChI=1S/C26H29BrN2O4/c1-3-4-5-8-15-32-24-14-12-21(27)17-23(24)26(31)29-28-25(30)18(2)33-22-13-11-19-9-6-7-10-20(19)16-22/h6-7,9-14,16-18H,3-5,8,15H2,1-2H3,(H,28,30)(H,29,31). The van der Waals surface area contributed by atoms with Crippen LogP contribution in [0.25, 0.3) is 10.8 Å². The molecule has 0 heterocycles. The molecule has 2 amide bonds. The molecule has 3 aromatic carbocycles. The van der Waals surface area contributed by atoms with Gasteiger partial charge in [-0.25, -0.2) is 0 Å². The van der Waals surface area contributed by atoms with Crippen molar-refractivity contribution >= 4 is 38.5 Å². The number of unbranched alkanes of at least 4 members (excludes halogenated alkanes) is 3. The summed E-state index contributed by atoms with van der Waals surface area (Å²) in [4.78, 5) is 25.2. The summed E-state index contributed by atoms with van der Waals surface area (Å²) in [6.45, 7) is 4.31. The minimum Gasteiger partial charge on any atom is -0.493 e. The molecule has 0 saturated carbocycles. The lowest BCUT2D eigenvalue weighted by atomic mass is 10.1. The topological polar surface area (TPSA) is 76.7 Å². The summed E-state index contributed by atoms with van der Waals surface area (Å²) < 4.78 is 12.3. The Labute approximate surface area is 202 Å². The maximum Gasteiger partial charge on any atom is 0.279 e. The maximum atomic E-state index is 12.7. The number of hydrogen-bond donors (Lipinski definition) is 2. The summed E-state index contributed by atoms with van der Waals surface area (Å²) in [6, 6.07) is 18.8. The minimum absolute atomic E-state index is 0.336. The van der Waals surface area contributed by atoms with Crippen LogP contribution in [0.3, 0.4) is 0 Å². The van der Waals surface area contributed by atoms with E-state index >= 15 is 0 Å². The van der Waals surface area contributed by atoms with Gasteiger partial charge in [-0.2, -0.15) is 0 Å². The summed E-state index contributed by atoms with van der Waals surface area (Å²) in [5, 5.41) is 2.11. The first kappa shape index (κ1) is 24.6. The number of rotatable bonds is 10. The third-order valence-corrected chi connectivity index (χ3v) is 5.64. The number of amides is 2. The predicted molar refractivity (Wildman–Crippen MR) is 133 cm³/mol. The molecule has 0 bridgehead atoms. The van der Waals surface area contributed by atoms with Crippen LogP contribution in [0.5, 0.6) is 11.5 Å². The summed E-state index contributed by atoms with van der Waals surface area (Å²) in [5.41, 5.74) is 5.22. The number of benzene rings is 3. The van der Waals surface area contributed by atoms with Gasteiger partial charge >= 0.3 is 0 Å². The van der Waals surface area contributed by atoms with E-state index in [1.807, 2.05) is 48.5 Å². The summed E-state index contributed by atoms with van der Waals surface area (Å²) in [6.07, 6.45) is 3.51. The van der Waals surface area contributed by atoms with E-state index in [0.717, 1.165) is 40.9 Å². The highest BCUT2D eigenvalue weighted by atomic mass is 79.9. The van der Waals surface area contributed by atoms with Gasteiger partial charge in [-0.05, 0) is 54.4 Å². The van der Waals surface area contributed by atoms with Gasteiger partial charge in [-0.15, -0.1) is 0 Å². The van der Waals surface area contributed by atoms with E-state index in [0.29, 0.717) is 23.7 Å². The zero-order valence-electron chi connectivity index (χ0n) is 18.9. The quantitative estimate of drug-likeness (QED) is 0.266. The summed E-state index contributed by atoms with van der Waals surface area (Å²) in [7, 11) is 0. The Morgan fingerprint density at radius 3 is 2.52 bits per heavy atom. The van der Waals surface area contributed by atoms with E-state index in [9.17, 15) is 9.59 Å². The van der Waals surface area contributed by atoms with Crippen molar-refractivity contribution in [2.24, 2.45) is 0 Å². The molecule has 1 atom stereocenters. The van der Waals surface area contributed by atoms with Crippen LogP contribution in [0.4, 0.5) is 0 Å². The highest BCUT2D eigenvalue weighted by Gasteiger charge is 2.18. The lowest BCUT2D eigenvalue weighted by Gasteiger charge is -2.16. The van der Waals surface area contributed by atoms with Crippen molar-refractivity contribution in [3.63, 3.8) is 0 Å². The second-order valence-corrected chi connectivity index (χ2v) is 8.68. The molecule has 0 aliphatic heterocycles. The summed E-state index contributed by atoms with van der Waals surface area (Å²) in [5.74, 6) is 0.120. The zero-order chi connectivity index (χ0) is 23.6. The number of halogens is 1. The van der Waals surface area contributed by atoms with E-state index in [-0.39, 0.29) is 0 Å². The Morgan fingerprint density at radius 1 is 0.939 bits per heavy atom. The highest BCUT2D eigenvalue weighted by Crippen LogP contribution is 2.24. The van der Waals surface area contributed by atoms with Crippen LogP contribution < -0.4 is 20.3 Å². The van der Waals surface area contributed by atoms with Crippen LogP contribution in [-0.4, -0.2) is 24.5 Å². The molecule has 7 heteroatoms. The van der Waals surface area contributed by atoms with Gasteiger partial charge in [0.25, 0.3) is 11.8 Å². The molecule has 0 spiro atoms. The van der Waals surface area contributed by atoms with Crippen molar-refractivity contribution in [2.45, 2.75) is 45.6 Å². The van der Waals surface area contributed by atoms with Crippen molar-refractivity contribution in [3.8, 4) is 11.5 Å².